The molecule has 0 amide bonds. The summed E-state index contributed by atoms with van der Waals surface area (Å²) in [5.41, 5.74) is -1.78. The second-order valence-electron chi connectivity index (χ2n) is 3.42. The third kappa shape index (κ3) is 3.76. The maximum absolute atomic E-state index is 11.7. The van der Waals surface area contributed by atoms with Crippen molar-refractivity contribution in [2.75, 3.05) is 6.61 Å². The molecule has 0 bridgehead atoms. The van der Waals surface area contributed by atoms with Gasteiger partial charge in [-0.15, -0.1) is 0 Å². The summed E-state index contributed by atoms with van der Waals surface area (Å²) >= 11 is 0. The van der Waals surface area contributed by atoms with Crippen molar-refractivity contribution in [2.24, 2.45) is 5.41 Å². The minimum atomic E-state index is -1.78. The van der Waals surface area contributed by atoms with Gasteiger partial charge in [0.1, 0.15) is 0 Å². The second-order valence-corrected chi connectivity index (χ2v) is 3.42. The maximum atomic E-state index is 11.7. The highest BCUT2D eigenvalue weighted by molar-refractivity contribution is 5.99. The Labute approximate surface area is 99.4 Å². The first-order valence-electron chi connectivity index (χ1n) is 5.19. The van der Waals surface area contributed by atoms with Gasteiger partial charge in [0, 0.05) is 12.8 Å². The lowest BCUT2D eigenvalue weighted by Gasteiger charge is -2.25. The van der Waals surface area contributed by atoms with Crippen LogP contribution in [0.15, 0.2) is 0 Å². The van der Waals surface area contributed by atoms with E-state index in [1.54, 1.807) is 19.1 Å². The molecule has 1 N–H and O–H groups in total. The first-order valence-corrected chi connectivity index (χ1v) is 5.19. The lowest BCUT2D eigenvalue weighted by Crippen LogP contribution is -2.40. The van der Waals surface area contributed by atoms with E-state index in [1.807, 2.05) is 0 Å². The van der Waals surface area contributed by atoms with E-state index >= 15 is 0 Å². The smallest absolute Gasteiger partial charge is 0.323 e. The van der Waals surface area contributed by atoms with E-state index < -0.39 is 17.4 Å². The molecule has 0 fully saturated rings. The van der Waals surface area contributed by atoms with Gasteiger partial charge in [-0.05, 0) is 19.8 Å². The summed E-state index contributed by atoms with van der Waals surface area (Å²) in [4.78, 5) is 22.9. The summed E-state index contributed by atoms with van der Waals surface area (Å²) < 4.78 is 4.72. The number of carbonyl (C=O) groups is 2. The van der Waals surface area contributed by atoms with Gasteiger partial charge in [0.05, 0.1) is 18.7 Å². The molecule has 0 aromatic carbocycles. The number of hydrogen-bond donors (Lipinski definition) is 1. The lowest BCUT2D eigenvalue weighted by atomic mass is 9.79. The maximum Gasteiger partial charge on any atom is 0.323 e. The zero-order valence-electron chi connectivity index (χ0n) is 9.60. The molecule has 0 unspecified atom stereocenters. The summed E-state index contributed by atoms with van der Waals surface area (Å²) in [7, 11) is 0. The molecule has 0 rings (SSSR count). The number of hydrogen-bond acceptors (Lipinski definition) is 5. The van der Waals surface area contributed by atoms with Gasteiger partial charge in [0.2, 0.25) is 0 Å². The van der Waals surface area contributed by atoms with Crippen molar-refractivity contribution in [1.82, 2.24) is 0 Å². The van der Waals surface area contributed by atoms with Crippen molar-refractivity contribution < 1.29 is 19.4 Å². The van der Waals surface area contributed by atoms with E-state index in [-0.39, 0.29) is 32.3 Å². The molecule has 0 aliphatic carbocycles. The van der Waals surface area contributed by atoms with E-state index in [0.29, 0.717) is 0 Å². The molecule has 0 aliphatic heterocycles. The Bertz CT molecular complexity index is 347. The average molecular weight is 238 g/mol. The first-order chi connectivity index (χ1) is 8.05. The molecule has 0 heterocycles. The Kier molecular flexibility index (Phi) is 6.35. The molecule has 17 heavy (non-hydrogen) atoms. The summed E-state index contributed by atoms with van der Waals surface area (Å²) in [5, 5.41) is 26.1. The van der Waals surface area contributed by atoms with E-state index in [0.717, 1.165) is 0 Å². The quantitative estimate of drug-likeness (QED) is 0.527. The molecule has 0 spiro atoms. The van der Waals surface area contributed by atoms with Crippen LogP contribution in [0.25, 0.3) is 0 Å². The molecule has 0 aromatic rings. The minimum absolute atomic E-state index is 0.0625. The highest BCUT2D eigenvalue weighted by atomic mass is 16.5. The van der Waals surface area contributed by atoms with E-state index in [9.17, 15) is 9.59 Å². The highest BCUT2D eigenvalue weighted by Gasteiger charge is 2.46. The predicted molar refractivity (Wildman–Crippen MR) is 56.4 cm³/mol. The van der Waals surface area contributed by atoms with Gasteiger partial charge in [0.25, 0.3) is 0 Å². The van der Waals surface area contributed by atoms with Crippen LogP contribution in [0.3, 0.4) is 0 Å². The van der Waals surface area contributed by atoms with E-state index in [2.05, 4.69) is 0 Å². The number of carbonyl (C=O) groups excluding carboxylic acids is 1. The Balaban J connectivity index is 5.10. The molecule has 0 saturated carbocycles. The normalized spacial score (nSPS) is 10.1. The van der Waals surface area contributed by atoms with Gasteiger partial charge in [-0.1, -0.05) is 0 Å². The molecule has 0 aromatic heterocycles. The molecule has 0 atom stereocenters. The largest absolute Gasteiger partial charge is 0.480 e. The standard InChI is InChI=1S/C11H14N2O4/c1-2-17-10(16)11(9(14)15,5-3-7-12)6-4-8-13/h2-6H2,1H3,(H,14,15). The van der Waals surface area contributed by atoms with Crippen molar-refractivity contribution in [3.63, 3.8) is 0 Å². The van der Waals surface area contributed by atoms with Crippen molar-refractivity contribution in [3.8, 4) is 12.1 Å². The number of ether oxygens (including phenoxy) is 1. The summed E-state index contributed by atoms with van der Waals surface area (Å²) in [5.74, 6) is -2.22. The van der Waals surface area contributed by atoms with Gasteiger partial charge in [-0.25, -0.2) is 0 Å². The monoisotopic (exact) mass is 238 g/mol. The van der Waals surface area contributed by atoms with Crippen molar-refractivity contribution in [3.05, 3.63) is 0 Å². The Morgan fingerprint density at radius 3 is 2.00 bits per heavy atom. The minimum Gasteiger partial charge on any atom is -0.480 e. The molecular weight excluding hydrogens is 224 g/mol. The van der Waals surface area contributed by atoms with E-state index in [1.165, 1.54) is 0 Å². The molecular formula is C11H14N2O4. The molecule has 0 saturated heterocycles. The number of carboxylic acid groups (broad SMARTS) is 1. The van der Waals surface area contributed by atoms with Crippen LogP contribution in [-0.4, -0.2) is 23.7 Å². The number of rotatable bonds is 7. The number of nitrogens with zero attached hydrogens (tertiary/aromatic N) is 2. The van der Waals surface area contributed by atoms with Gasteiger partial charge in [-0.2, -0.15) is 10.5 Å². The van der Waals surface area contributed by atoms with Crippen LogP contribution in [0.2, 0.25) is 0 Å². The fourth-order valence-electron chi connectivity index (χ4n) is 1.44. The number of aliphatic carboxylic acids is 1. The molecule has 6 nitrogen and oxygen atoms in total. The summed E-state index contributed by atoms with van der Waals surface area (Å²) in [6.45, 7) is 1.63. The Morgan fingerprint density at radius 2 is 1.71 bits per heavy atom. The van der Waals surface area contributed by atoms with Crippen LogP contribution in [0.5, 0.6) is 0 Å². The fraction of sp³-hybridized carbons (Fsp3) is 0.636. The molecule has 92 valence electrons. The van der Waals surface area contributed by atoms with E-state index in [4.69, 9.17) is 20.4 Å². The van der Waals surface area contributed by atoms with Crippen LogP contribution < -0.4 is 0 Å². The average Bonchev–Trinajstić information content (AvgIpc) is 2.29. The molecule has 0 radical (unpaired) electrons. The van der Waals surface area contributed by atoms with Gasteiger partial charge >= 0.3 is 11.9 Å². The highest BCUT2D eigenvalue weighted by Crippen LogP contribution is 2.32. The van der Waals surface area contributed by atoms with Crippen molar-refractivity contribution in [2.45, 2.75) is 32.6 Å². The van der Waals surface area contributed by atoms with Crippen LogP contribution in [0.1, 0.15) is 32.6 Å². The van der Waals surface area contributed by atoms with Crippen LogP contribution >= 0.6 is 0 Å². The number of carboxylic acids is 1. The molecule has 6 heteroatoms. The van der Waals surface area contributed by atoms with Crippen LogP contribution in [-0.2, 0) is 14.3 Å². The van der Waals surface area contributed by atoms with Crippen LogP contribution in [0, 0.1) is 28.1 Å². The first kappa shape index (κ1) is 14.9. The summed E-state index contributed by atoms with van der Waals surface area (Å²) in [6.07, 6.45) is -0.425. The van der Waals surface area contributed by atoms with Crippen molar-refractivity contribution in [1.29, 1.82) is 10.5 Å². The third-order valence-corrected chi connectivity index (χ3v) is 2.40. The van der Waals surface area contributed by atoms with Gasteiger partial charge in [0.15, 0.2) is 5.41 Å². The molecule has 0 aliphatic rings. The van der Waals surface area contributed by atoms with Gasteiger partial charge < -0.3 is 9.84 Å². The zero-order valence-corrected chi connectivity index (χ0v) is 9.60. The van der Waals surface area contributed by atoms with Crippen LogP contribution in [0.4, 0.5) is 0 Å². The SMILES string of the molecule is CCOC(=O)C(CCC#N)(CCC#N)C(=O)O. The Morgan fingerprint density at radius 1 is 1.24 bits per heavy atom. The fourth-order valence-corrected chi connectivity index (χ4v) is 1.44. The number of nitriles is 2. The second kappa shape index (κ2) is 7.24. The predicted octanol–water partition coefficient (Wildman–Crippen LogP) is 1.23. The van der Waals surface area contributed by atoms with Gasteiger partial charge in [-0.3, -0.25) is 9.59 Å². The topological polar surface area (TPSA) is 111 Å². The lowest BCUT2D eigenvalue weighted by molar-refractivity contribution is -0.169. The Hall–Kier alpha value is -2.08. The summed E-state index contributed by atoms with van der Waals surface area (Å²) in [6, 6.07) is 3.59. The third-order valence-electron chi connectivity index (χ3n) is 2.40. The number of esters is 1. The zero-order chi connectivity index (χ0) is 13.3. The van der Waals surface area contributed by atoms with Crippen molar-refractivity contribution >= 4 is 11.9 Å².